The van der Waals surface area contributed by atoms with E-state index in [4.69, 9.17) is 49.0 Å². The van der Waals surface area contributed by atoms with Crippen molar-refractivity contribution in [1.82, 2.24) is 16.0 Å². The fourth-order valence-electron chi connectivity index (χ4n) is 3.03. The largest absolute Gasteiger partial charge is 0.381 e. The number of alkyl halides is 3. The van der Waals surface area contributed by atoms with Gasteiger partial charge in [-0.05, 0) is 25.7 Å². The van der Waals surface area contributed by atoms with Crippen LogP contribution in [0.2, 0.25) is 0 Å². The van der Waals surface area contributed by atoms with Crippen LogP contribution < -0.4 is 16.0 Å². The highest BCUT2D eigenvalue weighted by molar-refractivity contribution is 6.19. The van der Waals surface area contributed by atoms with Crippen LogP contribution in [-0.2, 0) is 28.6 Å². The van der Waals surface area contributed by atoms with Crippen LogP contribution in [0.15, 0.2) is 0 Å². The van der Waals surface area contributed by atoms with Crippen LogP contribution in [0, 0.1) is 5.41 Å². The van der Waals surface area contributed by atoms with Crippen LogP contribution in [-0.4, -0.2) is 94.6 Å². The molecule has 0 saturated heterocycles. The summed E-state index contributed by atoms with van der Waals surface area (Å²) < 4.78 is 17.8. The molecule has 0 aliphatic rings. The summed E-state index contributed by atoms with van der Waals surface area (Å²) in [5, 5.41) is 8.42. The number of carbonyl (C=O) groups excluding carboxylic acids is 3. The Balaban J connectivity index is 4.45. The van der Waals surface area contributed by atoms with Crippen molar-refractivity contribution in [1.29, 1.82) is 0 Å². The van der Waals surface area contributed by atoms with Crippen LogP contribution in [0.5, 0.6) is 0 Å². The summed E-state index contributed by atoms with van der Waals surface area (Å²) in [4.78, 5) is 34.4. The number of halogens is 3. The highest BCUT2D eigenvalue weighted by Gasteiger charge is 2.29. The first-order valence-electron chi connectivity index (χ1n) is 12.6. The molecule has 0 aliphatic heterocycles. The van der Waals surface area contributed by atoms with Crippen molar-refractivity contribution in [3.8, 4) is 0 Å². The minimum absolute atomic E-state index is 0.0626. The molecule has 0 radical (unpaired) electrons. The first-order chi connectivity index (χ1) is 17.4. The molecule has 3 amide bonds. The highest BCUT2D eigenvalue weighted by Crippen LogP contribution is 2.24. The fourth-order valence-corrected chi connectivity index (χ4v) is 3.54. The van der Waals surface area contributed by atoms with E-state index in [0.717, 1.165) is 6.42 Å². The molecule has 0 bridgehead atoms. The van der Waals surface area contributed by atoms with Crippen LogP contribution in [0.25, 0.3) is 0 Å². The van der Waals surface area contributed by atoms with E-state index in [1.54, 1.807) is 0 Å². The molecule has 0 saturated carbocycles. The van der Waals surface area contributed by atoms with Crippen molar-refractivity contribution < 1.29 is 28.6 Å². The van der Waals surface area contributed by atoms with Gasteiger partial charge in [-0.3, -0.25) is 14.4 Å². The SMILES string of the molecule is CCC(COCCCNC(=O)CCCl)(COCCCNC(=O)CCCl)COCCCNC(=O)CCCl. The zero-order valence-corrected chi connectivity index (χ0v) is 23.8. The van der Waals surface area contributed by atoms with Crippen molar-refractivity contribution in [2.45, 2.75) is 51.9 Å². The predicted molar refractivity (Wildman–Crippen MR) is 144 cm³/mol. The quantitative estimate of drug-likeness (QED) is 0.114. The topological polar surface area (TPSA) is 115 Å². The average Bonchev–Trinajstić information content (AvgIpc) is 2.85. The van der Waals surface area contributed by atoms with Crippen LogP contribution in [0.3, 0.4) is 0 Å². The molecule has 0 rings (SSSR count). The Morgan fingerprint density at radius 2 is 0.917 bits per heavy atom. The van der Waals surface area contributed by atoms with Gasteiger partial charge in [0.15, 0.2) is 0 Å². The summed E-state index contributed by atoms with van der Waals surface area (Å²) in [6.07, 6.45) is 3.80. The van der Waals surface area contributed by atoms with E-state index in [9.17, 15) is 14.4 Å². The molecule has 0 unspecified atom stereocenters. The Morgan fingerprint density at radius 1 is 0.611 bits per heavy atom. The Kier molecular flexibility index (Phi) is 23.9. The minimum atomic E-state index is -0.328. The summed E-state index contributed by atoms with van der Waals surface area (Å²) in [7, 11) is 0. The summed E-state index contributed by atoms with van der Waals surface area (Å²) in [5.74, 6) is 0.732. The number of hydrogen-bond donors (Lipinski definition) is 3. The zero-order valence-electron chi connectivity index (χ0n) is 21.5. The average molecular weight is 577 g/mol. The predicted octanol–water partition coefficient (Wildman–Crippen LogP) is 2.84. The van der Waals surface area contributed by atoms with Gasteiger partial charge in [0, 0.05) is 81.8 Å². The van der Waals surface area contributed by atoms with Gasteiger partial charge >= 0.3 is 0 Å². The Morgan fingerprint density at radius 3 is 1.17 bits per heavy atom. The molecule has 212 valence electrons. The number of carbonyl (C=O) groups is 3. The Hall–Kier alpha value is -0.840. The van der Waals surface area contributed by atoms with Gasteiger partial charge in [-0.2, -0.15) is 0 Å². The van der Waals surface area contributed by atoms with Gasteiger partial charge in [0.05, 0.1) is 19.8 Å². The number of ether oxygens (including phenoxy) is 3. The maximum Gasteiger partial charge on any atom is 0.221 e. The number of amides is 3. The summed E-state index contributed by atoms with van der Waals surface area (Å²) >= 11 is 16.7. The van der Waals surface area contributed by atoms with E-state index in [1.807, 2.05) is 0 Å². The van der Waals surface area contributed by atoms with E-state index in [0.29, 0.717) is 115 Å². The molecule has 9 nitrogen and oxygen atoms in total. The molecule has 0 fully saturated rings. The third-order valence-electron chi connectivity index (χ3n) is 5.30. The highest BCUT2D eigenvalue weighted by atomic mass is 35.5. The van der Waals surface area contributed by atoms with E-state index in [-0.39, 0.29) is 23.1 Å². The second kappa shape index (κ2) is 24.5. The van der Waals surface area contributed by atoms with Gasteiger partial charge < -0.3 is 30.2 Å². The van der Waals surface area contributed by atoms with Crippen LogP contribution in [0.4, 0.5) is 0 Å². The Bertz CT molecular complexity index is 513. The second-order valence-electron chi connectivity index (χ2n) is 8.44. The van der Waals surface area contributed by atoms with Gasteiger partial charge in [0.2, 0.25) is 17.7 Å². The molecule has 3 N–H and O–H groups in total. The number of nitrogens with one attached hydrogen (secondary N) is 3. The lowest BCUT2D eigenvalue weighted by molar-refractivity contribution is -0.121. The van der Waals surface area contributed by atoms with Crippen molar-refractivity contribution in [3.63, 3.8) is 0 Å². The maximum absolute atomic E-state index is 11.5. The molecular formula is C24H44Cl3N3O6. The lowest BCUT2D eigenvalue weighted by Gasteiger charge is -2.32. The standard InChI is InChI=1S/C24H44Cl3N3O6/c1-2-24(18-34-15-3-12-28-21(31)6-9-25,19-35-16-4-13-29-22(32)7-10-26)20-36-17-5-14-30-23(33)8-11-27/h2-20H2,1H3,(H,28,31)(H,29,32)(H,30,33). The zero-order chi connectivity index (χ0) is 26.9. The lowest BCUT2D eigenvalue weighted by Crippen LogP contribution is -2.38. The van der Waals surface area contributed by atoms with Crippen LogP contribution in [0.1, 0.15) is 51.9 Å². The summed E-state index contributed by atoms with van der Waals surface area (Å²) in [6.45, 7) is 6.55. The van der Waals surface area contributed by atoms with Gasteiger partial charge in [-0.25, -0.2) is 0 Å². The molecule has 0 aromatic carbocycles. The molecule has 0 aromatic heterocycles. The summed E-state index contributed by atoms with van der Waals surface area (Å²) in [6, 6.07) is 0. The van der Waals surface area contributed by atoms with Gasteiger partial charge in [-0.15, -0.1) is 34.8 Å². The molecule has 36 heavy (non-hydrogen) atoms. The van der Waals surface area contributed by atoms with E-state index in [2.05, 4.69) is 22.9 Å². The van der Waals surface area contributed by atoms with Gasteiger partial charge in [-0.1, -0.05) is 6.92 Å². The van der Waals surface area contributed by atoms with Crippen molar-refractivity contribution in [3.05, 3.63) is 0 Å². The second-order valence-corrected chi connectivity index (χ2v) is 9.57. The van der Waals surface area contributed by atoms with Crippen molar-refractivity contribution in [2.24, 2.45) is 5.41 Å². The smallest absolute Gasteiger partial charge is 0.221 e. The third-order valence-corrected chi connectivity index (χ3v) is 5.87. The lowest BCUT2D eigenvalue weighted by atomic mass is 9.88. The van der Waals surface area contributed by atoms with Gasteiger partial charge in [0.25, 0.3) is 0 Å². The maximum atomic E-state index is 11.5. The fraction of sp³-hybridized carbons (Fsp3) is 0.875. The Labute approximate surface area is 231 Å². The van der Waals surface area contributed by atoms with E-state index < -0.39 is 0 Å². The molecule has 12 heteroatoms. The normalized spacial score (nSPS) is 11.3. The molecule has 0 spiro atoms. The molecule has 0 heterocycles. The van der Waals surface area contributed by atoms with Gasteiger partial charge in [0.1, 0.15) is 0 Å². The van der Waals surface area contributed by atoms with Crippen molar-refractivity contribution in [2.75, 3.05) is 76.9 Å². The minimum Gasteiger partial charge on any atom is -0.381 e. The molecule has 0 atom stereocenters. The van der Waals surface area contributed by atoms with Crippen molar-refractivity contribution >= 4 is 52.5 Å². The molecule has 0 aromatic rings. The van der Waals surface area contributed by atoms with E-state index in [1.165, 1.54) is 0 Å². The third kappa shape index (κ3) is 20.2. The molecular weight excluding hydrogens is 533 g/mol. The number of hydrogen-bond acceptors (Lipinski definition) is 6. The van der Waals surface area contributed by atoms with E-state index >= 15 is 0 Å². The molecule has 0 aliphatic carbocycles. The first kappa shape index (κ1) is 35.2. The van der Waals surface area contributed by atoms with Crippen LogP contribution >= 0.6 is 34.8 Å². The summed E-state index contributed by atoms with van der Waals surface area (Å²) in [5.41, 5.74) is -0.328. The first-order valence-corrected chi connectivity index (χ1v) is 14.2. The number of rotatable bonds is 25. The monoisotopic (exact) mass is 575 g/mol.